The van der Waals surface area contributed by atoms with Gasteiger partial charge in [0.15, 0.2) is 5.82 Å². The number of carbonyl (C=O) groups is 1. The molecule has 0 radical (unpaired) electrons. The first-order valence-electron chi connectivity index (χ1n) is 9.16. The minimum absolute atomic E-state index is 0.142. The van der Waals surface area contributed by atoms with E-state index in [9.17, 15) is 4.79 Å². The van der Waals surface area contributed by atoms with Gasteiger partial charge in [0.25, 0.3) is 5.91 Å². The van der Waals surface area contributed by atoms with E-state index in [2.05, 4.69) is 30.7 Å². The summed E-state index contributed by atoms with van der Waals surface area (Å²) in [6.07, 6.45) is 2.17. The number of ether oxygens (including phenoxy) is 1. The molecule has 9 nitrogen and oxygen atoms in total. The molecule has 0 bridgehead atoms. The van der Waals surface area contributed by atoms with E-state index in [4.69, 9.17) is 4.74 Å². The standard InChI is InChI=1S/C20H17N7O2/c28-20(18-23-17(24-25-18)10-13-6-2-1-3-7-13)22-14-11-29-16-9-5-4-8-15(16)27-12-21-26-19(14)27/h1-9,12,14H,10-11H2,(H,22,28)(H,23,24,25)/t14-/m1/s1. The van der Waals surface area contributed by atoms with Crippen molar-refractivity contribution in [2.75, 3.05) is 6.61 Å². The number of aromatic amines is 1. The molecular formula is C20H17N7O2. The van der Waals surface area contributed by atoms with Crippen molar-refractivity contribution in [1.82, 2.24) is 35.3 Å². The van der Waals surface area contributed by atoms with E-state index in [0.29, 0.717) is 23.8 Å². The fourth-order valence-corrected chi connectivity index (χ4v) is 3.29. The molecule has 29 heavy (non-hydrogen) atoms. The Morgan fingerprint density at radius 1 is 1.10 bits per heavy atom. The summed E-state index contributed by atoms with van der Waals surface area (Å²) in [4.78, 5) is 15.7. The van der Waals surface area contributed by atoms with E-state index in [1.165, 1.54) is 0 Å². The molecule has 0 saturated heterocycles. The van der Waals surface area contributed by atoms with Gasteiger partial charge in [-0.2, -0.15) is 0 Å². The highest BCUT2D eigenvalue weighted by molar-refractivity contribution is 5.90. The van der Waals surface area contributed by atoms with Crippen molar-refractivity contribution in [3.05, 3.63) is 84.0 Å². The van der Waals surface area contributed by atoms with E-state index in [-0.39, 0.29) is 18.3 Å². The maximum Gasteiger partial charge on any atom is 0.289 e. The van der Waals surface area contributed by atoms with Gasteiger partial charge in [0.2, 0.25) is 5.82 Å². The number of amides is 1. The lowest BCUT2D eigenvalue weighted by Gasteiger charge is -2.14. The predicted octanol–water partition coefficient (Wildman–Crippen LogP) is 1.84. The third-order valence-corrected chi connectivity index (χ3v) is 4.68. The molecule has 0 unspecified atom stereocenters. The van der Waals surface area contributed by atoms with Crippen molar-refractivity contribution in [2.24, 2.45) is 0 Å². The van der Waals surface area contributed by atoms with Gasteiger partial charge in [-0.3, -0.25) is 9.36 Å². The summed E-state index contributed by atoms with van der Waals surface area (Å²) in [6, 6.07) is 17.0. The Bertz CT molecular complexity index is 1150. The van der Waals surface area contributed by atoms with Crippen LogP contribution in [0.2, 0.25) is 0 Å². The predicted molar refractivity (Wildman–Crippen MR) is 103 cm³/mol. The van der Waals surface area contributed by atoms with Crippen LogP contribution in [0, 0.1) is 0 Å². The molecule has 5 rings (SSSR count). The number of aromatic nitrogens is 6. The number of nitrogens with one attached hydrogen (secondary N) is 2. The molecule has 1 amide bonds. The molecule has 1 aliphatic heterocycles. The Balaban J connectivity index is 1.34. The second-order valence-corrected chi connectivity index (χ2v) is 6.65. The molecule has 0 fully saturated rings. The number of H-pyrrole nitrogens is 1. The highest BCUT2D eigenvalue weighted by Gasteiger charge is 2.27. The first-order valence-corrected chi connectivity index (χ1v) is 9.16. The van der Waals surface area contributed by atoms with Gasteiger partial charge >= 0.3 is 0 Å². The van der Waals surface area contributed by atoms with Gasteiger partial charge in [-0.1, -0.05) is 42.5 Å². The number of para-hydroxylation sites is 2. The molecule has 9 heteroatoms. The van der Waals surface area contributed by atoms with Gasteiger partial charge in [-0.25, -0.2) is 0 Å². The maximum atomic E-state index is 12.7. The highest BCUT2D eigenvalue weighted by Crippen LogP contribution is 2.29. The molecule has 0 saturated carbocycles. The van der Waals surface area contributed by atoms with Crippen LogP contribution in [0.25, 0.3) is 5.69 Å². The number of hydrogen-bond acceptors (Lipinski definition) is 6. The van der Waals surface area contributed by atoms with Crippen LogP contribution in [-0.4, -0.2) is 42.5 Å². The van der Waals surface area contributed by atoms with Crippen LogP contribution in [0.5, 0.6) is 5.75 Å². The summed E-state index contributed by atoms with van der Waals surface area (Å²) in [7, 11) is 0. The van der Waals surface area contributed by atoms with Crippen molar-refractivity contribution in [1.29, 1.82) is 0 Å². The number of benzene rings is 2. The van der Waals surface area contributed by atoms with Gasteiger partial charge in [-0.05, 0) is 17.7 Å². The molecule has 2 N–H and O–H groups in total. The van der Waals surface area contributed by atoms with Gasteiger partial charge in [0, 0.05) is 6.42 Å². The normalized spacial score (nSPS) is 15.0. The quantitative estimate of drug-likeness (QED) is 0.553. The summed E-state index contributed by atoms with van der Waals surface area (Å²) in [5.41, 5.74) is 1.91. The smallest absolute Gasteiger partial charge is 0.289 e. The SMILES string of the molecule is O=C(N[C@@H]1COc2ccccc2-n2cnnc21)c1nnc(Cc2ccccc2)[nH]1. The van der Waals surface area contributed by atoms with Crippen molar-refractivity contribution in [2.45, 2.75) is 12.5 Å². The third-order valence-electron chi connectivity index (χ3n) is 4.68. The summed E-state index contributed by atoms with van der Waals surface area (Å²) < 4.78 is 7.69. The first kappa shape index (κ1) is 17.1. The fraction of sp³-hybridized carbons (Fsp3) is 0.150. The molecule has 4 aromatic rings. The Kier molecular flexibility index (Phi) is 4.24. The van der Waals surface area contributed by atoms with E-state index in [1.54, 1.807) is 6.33 Å². The Morgan fingerprint density at radius 3 is 2.83 bits per heavy atom. The van der Waals surface area contributed by atoms with Crippen molar-refractivity contribution in [3.63, 3.8) is 0 Å². The van der Waals surface area contributed by atoms with E-state index in [1.807, 2.05) is 59.2 Å². The third kappa shape index (κ3) is 3.33. The summed E-state index contributed by atoms with van der Waals surface area (Å²) >= 11 is 0. The number of carbonyl (C=O) groups excluding carboxylic acids is 1. The molecule has 0 aliphatic carbocycles. The van der Waals surface area contributed by atoms with Gasteiger partial charge in [0.05, 0.1) is 5.69 Å². The van der Waals surface area contributed by atoms with Gasteiger partial charge in [-0.15, -0.1) is 20.4 Å². The molecule has 2 aromatic carbocycles. The Hall–Kier alpha value is -4.01. The van der Waals surface area contributed by atoms with Crippen molar-refractivity contribution < 1.29 is 9.53 Å². The van der Waals surface area contributed by atoms with Crippen LogP contribution < -0.4 is 10.1 Å². The number of hydrogen-bond donors (Lipinski definition) is 2. The minimum atomic E-state index is -0.486. The van der Waals surface area contributed by atoms with Crippen LogP contribution in [0.15, 0.2) is 60.9 Å². The molecule has 2 aromatic heterocycles. The average Bonchev–Trinajstić information content (AvgIpc) is 3.39. The first-order chi connectivity index (χ1) is 14.3. The second kappa shape index (κ2) is 7.19. The van der Waals surface area contributed by atoms with Crippen LogP contribution in [-0.2, 0) is 6.42 Å². The zero-order valence-corrected chi connectivity index (χ0v) is 15.3. The van der Waals surface area contributed by atoms with Crippen LogP contribution in [0.3, 0.4) is 0 Å². The Morgan fingerprint density at radius 2 is 1.93 bits per heavy atom. The molecular weight excluding hydrogens is 370 g/mol. The molecule has 0 spiro atoms. The van der Waals surface area contributed by atoms with E-state index in [0.717, 1.165) is 11.3 Å². The summed E-state index contributed by atoms with van der Waals surface area (Å²) in [5, 5.41) is 19.1. The summed E-state index contributed by atoms with van der Waals surface area (Å²) in [5.74, 6) is 1.67. The number of nitrogens with zero attached hydrogens (tertiary/aromatic N) is 5. The topological polar surface area (TPSA) is 111 Å². The Labute approximate surface area is 165 Å². The zero-order chi connectivity index (χ0) is 19.6. The van der Waals surface area contributed by atoms with Gasteiger partial charge < -0.3 is 15.0 Å². The number of rotatable bonds is 4. The number of fused-ring (bicyclic) bond motifs is 3. The lowest BCUT2D eigenvalue weighted by atomic mass is 10.1. The maximum absolute atomic E-state index is 12.7. The van der Waals surface area contributed by atoms with Crippen molar-refractivity contribution >= 4 is 5.91 Å². The van der Waals surface area contributed by atoms with Crippen LogP contribution in [0.4, 0.5) is 0 Å². The fourth-order valence-electron chi connectivity index (χ4n) is 3.29. The lowest BCUT2D eigenvalue weighted by Crippen LogP contribution is -2.34. The van der Waals surface area contributed by atoms with E-state index >= 15 is 0 Å². The largest absolute Gasteiger partial charge is 0.489 e. The van der Waals surface area contributed by atoms with Crippen LogP contribution in [0.1, 0.15) is 33.9 Å². The molecule has 1 atom stereocenters. The van der Waals surface area contributed by atoms with Gasteiger partial charge in [0.1, 0.15) is 30.5 Å². The minimum Gasteiger partial charge on any atom is -0.489 e. The molecule has 3 heterocycles. The monoisotopic (exact) mass is 387 g/mol. The summed E-state index contributed by atoms with van der Waals surface area (Å²) in [6.45, 7) is 0.229. The zero-order valence-electron chi connectivity index (χ0n) is 15.3. The lowest BCUT2D eigenvalue weighted by molar-refractivity contribution is 0.0909. The molecule has 1 aliphatic rings. The average molecular weight is 387 g/mol. The molecule has 144 valence electrons. The van der Waals surface area contributed by atoms with E-state index < -0.39 is 6.04 Å². The highest BCUT2D eigenvalue weighted by atomic mass is 16.5. The second-order valence-electron chi connectivity index (χ2n) is 6.65. The van der Waals surface area contributed by atoms with Crippen LogP contribution >= 0.6 is 0 Å². The van der Waals surface area contributed by atoms with Crippen molar-refractivity contribution in [3.8, 4) is 11.4 Å².